The van der Waals surface area contributed by atoms with Crippen LogP contribution in [0.1, 0.15) is 22.5 Å². The van der Waals surface area contributed by atoms with Crippen molar-refractivity contribution in [3.63, 3.8) is 0 Å². The fraction of sp³-hybridized carbons (Fsp3) is 0.0870. The fourth-order valence-electron chi connectivity index (χ4n) is 3.37. The number of rotatable bonds is 3. The van der Waals surface area contributed by atoms with Crippen molar-refractivity contribution >= 4 is 23.1 Å². The monoisotopic (exact) mass is 387 g/mol. The highest BCUT2D eigenvalue weighted by Crippen LogP contribution is 2.24. The zero-order chi connectivity index (χ0) is 20.5. The van der Waals surface area contributed by atoms with E-state index in [2.05, 4.69) is 9.97 Å². The average molecular weight is 387 g/mol. The van der Waals surface area contributed by atoms with Crippen LogP contribution < -0.4 is 5.56 Å². The van der Waals surface area contributed by atoms with E-state index in [9.17, 15) is 14.3 Å². The Kier molecular flexibility index (Phi) is 4.68. The molecule has 0 fully saturated rings. The summed E-state index contributed by atoms with van der Waals surface area (Å²) in [5.74, 6) is -0.807. The highest BCUT2D eigenvalue weighted by atomic mass is 19.1. The molecule has 4 rings (SSSR count). The SMILES string of the molecule is Cc1cccc(C)c1-n1c(/C=C/c2cccc(F)c2O)nc2cnccc2c1=O. The Morgan fingerprint density at radius 1 is 1.03 bits per heavy atom. The van der Waals surface area contributed by atoms with E-state index in [0.717, 1.165) is 16.8 Å². The van der Waals surface area contributed by atoms with Gasteiger partial charge < -0.3 is 5.11 Å². The summed E-state index contributed by atoms with van der Waals surface area (Å²) in [6, 6.07) is 11.7. The third kappa shape index (κ3) is 3.29. The van der Waals surface area contributed by atoms with Gasteiger partial charge in [0.15, 0.2) is 11.6 Å². The van der Waals surface area contributed by atoms with Gasteiger partial charge in [0.05, 0.1) is 22.8 Å². The molecule has 0 amide bonds. The van der Waals surface area contributed by atoms with Gasteiger partial charge >= 0.3 is 0 Å². The Morgan fingerprint density at radius 3 is 2.52 bits per heavy atom. The van der Waals surface area contributed by atoms with Crippen LogP contribution in [0.15, 0.2) is 59.7 Å². The zero-order valence-electron chi connectivity index (χ0n) is 15.9. The van der Waals surface area contributed by atoms with Crippen molar-refractivity contribution in [2.75, 3.05) is 0 Å². The van der Waals surface area contributed by atoms with Gasteiger partial charge in [0, 0.05) is 11.8 Å². The lowest BCUT2D eigenvalue weighted by atomic mass is 10.1. The molecule has 0 unspecified atom stereocenters. The number of aryl methyl sites for hydroxylation is 2. The molecule has 29 heavy (non-hydrogen) atoms. The van der Waals surface area contributed by atoms with Gasteiger partial charge in [-0.25, -0.2) is 9.37 Å². The molecule has 0 saturated carbocycles. The summed E-state index contributed by atoms with van der Waals surface area (Å²) >= 11 is 0. The molecule has 0 spiro atoms. The molecular weight excluding hydrogens is 369 g/mol. The summed E-state index contributed by atoms with van der Waals surface area (Å²) < 4.78 is 15.2. The van der Waals surface area contributed by atoms with Gasteiger partial charge in [-0.05, 0) is 49.3 Å². The van der Waals surface area contributed by atoms with Gasteiger partial charge in [-0.15, -0.1) is 0 Å². The lowest BCUT2D eigenvalue weighted by molar-refractivity contribution is 0.431. The van der Waals surface area contributed by atoms with Crippen LogP contribution in [0, 0.1) is 19.7 Å². The van der Waals surface area contributed by atoms with Crippen molar-refractivity contribution in [1.82, 2.24) is 14.5 Å². The van der Waals surface area contributed by atoms with Crippen molar-refractivity contribution in [3.8, 4) is 11.4 Å². The molecule has 1 N–H and O–H groups in total. The van der Waals surface area contributed by atoms with Gasteiger partial charge in [0.25, 0.3) is 5.56 Å². The van der Waals surface area contributed by atoms with Crippen LogP contribution in [0.3, 0.4) is 0 Å². The lowest BCUT2D eigenvalue weighted by Crippen LogP contribution is -2.24. The largest absolute Gasteiger partial charge is 0.504 e. The first kappa shape index (κ1) is 18.6. The maximum Gasteiger partial charge on any atom is 0.266 e. The lowest BCUT2D eigenvalue weighted by Gasteiger charge is -2.16. The Hall–Kier alpha value is -3.80. The summed E-state index contributed by atoms with van der Waals surface area (Å²) in [4.78, 5) is 22.0. The molecule has 0 radical (unpaired) electrons. The quantitative estimate of drug-likeness (QED) is 0.565. The molecule has 2 aromatic heterocycles. The molecule has 6 heteroatoms. The maximum absolute atomic E-state index is 13.7. The van der Waals surface area contributed by atoms with Crippen molar-refractivity contribution in [1.29, 1.82) is 0 Å². The molecule has 0 atom stereocenters. The summed E-state index contributed by atoms with van der Waals surface area (Å²) in [7, 11) is 0. The summed E-state index contributed by atoms with van der Waals surface area (Å²) in [6.45, 7) is 3.86. The molecule has 0 bridgehead atoms. The van der Waals surface area contributed by atoms with E-state index in [1.54, 1.807) is 29.0 Å². The smallest absolute Gasteiger partial charge is 0.266 e. The van der Waals surface area contributed by atoms with Crippen LogP contribution in [0.2, 0.25) is 0 Å². The second kappa shape index (κ2) is 7.31. The van der Waals surface area contributed by atoms with Gasteiger partial charge in [-0.2, -0.15) is 0 Å². The van der Waals surface area contributed by atoms with Gasteiger partial charge in [0.2, 0.25) is 0 Å². The number of pyridine rings is 1. The molecule has 4 aromatic rings. The third-order valence-electron chi connectivity index (χ3n) is 4.79. The van der Waals surface area contributed by atoms with Gasteiger partial charge in [-0.3, -0.25) is 14.3 Å². The van der Waals surface area contributed by atoms with E-state index in [4.69, 9.17) is 0 Å². The standard InChI is InChI=1S/C23H18FN3O2/c1-14-5-3-6-15(2)21(14)27-20(10-9-16-7-4-8-18(24)22(16)28)26-19-13-25-12-11-17(19)23(27)29/h3-13,28H,1-2H3/b10-9+. The van der Waals surface area contributed by atoms with E-state index in [1.165, 1.54) is 24.4 Å². The number of nitrogens with zero attached hydrogens (tertiary/aromatic N) is 3. The molecule has 5 nitrogen and oxygen atoms in total. The minimum Gasteiger partial charge on any atom is -0.504 e. The number of benzene rings is 2. The first-order chi connectivity index (χ1) is 14.0. The number of phenolic OH excluding ortho intramolecular Hbond substituents is 1. The molecule has 0 aliphatic carbocycles. The van der Waals surface area contributed by atoms with E-state index in [1.807, 2.05) is 32.0 Å². The number of halogens is 1. The zero-order valence-corrected chi connectivity index (χ0v) is 15.9. The second-order valence-electron chi connectivity index (χ2n) is 6.75. The topological polar surface area (TPSA) is 68.0 Å². The molecule has 2 aromatic carbocycles. The number of fused-ring (bicyclic) bond motifs is 1. The minimum atomic E-state index is -0.713. The molecular formula is C23H18FN3O2. The highest BCUT2D eigenvalue weighted by Gasteiger charge is 2.15. The number of para-hydroxylation sites is 2. The summed E-state index contributed by atoms with van der Waals surface area (Å²) in [6.07, 6.45) is 6.21. The fourth-order valence-corrected chi connectivity index (χ4v) is 3.37. The number of hydrogen-bond donors (Lipinski definition) is 1. The van der Waals surface area contributed by atoms with Crippen molar-refractivity contribution in [2.24, 2.45) is 0 Å². The molecule has 2 heterocycles. The molecule has 0 saturated heterocycles. The van der Waals surface area contributed by atoms with Crippen LogP contribution in [-0.2, 0) is 0 Å². The van der Waals surface area contributed by atoms with Crippen molar-refractivity contribution in [3.05, 3.63) is 93.5 Å². The number of phenols is 1. The second-order valence-corrected chi connectivity index (χ2v) is 6.75. The van der Waals surface area contributed by atoms with Gasteiger partial charge in [-0.1, -0.05) is 30.3 Å². The molecule has 0 aliphatic rings. The van der Waals surface area contributed by atoms with E-state index < -0.39 is 11.6 Å². The van der Waals surface area contributed by atoms with Crippen LogP contribution in [0.4, 0.5) is 4.39 Å². The number of aromatic hydroxyl groups is 1. The van der Waals surface area contributed by atoms with Gasteiger partial charge in [0.1, 0.15) is 5.82 Å². The van der Waals surface area contributed by atoms with E-state index in [-0.39, 0.29) is 5.56 Å². The van der Waals surface area contributed by atoms with Crippen molar-refractivity contribution in [2.45, 2.75) is 13.8 Å². The Balaban J connectivity index is 2.01. The Morgan fingerprint density at radius 2 is 1.76 bits per heavy atom. The predicted molar refractivity (Wildman–Crippen MR) is 112 cm³/mol. The normalized spacial score (nSPS) is 11.4. The Labute approximate surface area is 166 Å². The maximum atomic E-state index is 13.7. The predicted octanol–water partition coefficient (Wildman–Crippen LogP) is 4.41. The third-order valence-corrected chi connectivity index (χ3v) is 4.79. The highest BCUT2D eigenvalue weighted by molar-refractivity contribution is 5.80. The Bertz CT molecular complexity index is 1310. The summed E-state index contributed by atoms with van der Waals surface area (Å²) in [5, 5.41) is 10.4. The van der Waals surface area contributed by atoms with E-state index in [0.29, 0.717) is 22.3 Å². The van der Waals surface area contributed by atoms with Crippen LogP contribution in [-0.4, -0.2) is 19.6 Å². The van der Waals surface area contributed by atoms with Crippen LogP contribution in [0.5, 0.6) is 5.75 Å². The number of hydrogen-bond acceptors (Lipinski definition) is 4. The average Bonchev–Trinajstić information content (AvgIpc) is 2.71. The van der Waals surface area contributed by atoms with Crippen molar-refractivity contribution < 1.29 is 9.50 Å². The molecule has 144 valence electrons. The van der Waals surface area contributed by atoms with Crippen LogP contribution in [0.25, 0.3) is 28.7 Å². The van der Waals surface area contributed by atoms with E-state index >= 15 is 0 Å². The van der Waals surface area contributed by atoms with Crippen LogP contribution >= 0.6 is 0 Å². The minimum absolute atomic E-state index is 0.224. The number of aromatic nitrogens is 3. The first-order valence-electron chi connectivity index (χ1n) is 9.06. The molecule has 0 aliphatic heterocycles. The first-order valence-corrected chi connectivity index (χ1v) is 9.06. The summed E-state index contributed by atoms with van der Waals surface area (Å²) in [5.41, 5.74) is 3.11.